The molecule has 2 rings (SSSR count). The lowest BCUT2D eigenvalue weighted by molar-refractivity contribution is 0.0524. The average molecular weight is 257 g/mol. The van der Waals surface area contributed by atoms with E-state index in [0.29, 0.717) is 29.4 Å². The molecule has 2 heterocycles. The molecule has 0 aliphatic carbocycles. The summed E-state index contributed by atoms with van der Waals surface area (Å²) in [5, 5.41) is 0. The van der Waals surface area contributed by atoms with E-state index in [9.17, 15) is 4.79 Å². The number of esters is 1. The summed E-state index contributed by atoms with van der Waals surface area (Å²) < 4.78 is 4.94. The Morgan fingerprint density at radius 3 is 2.74 bits per heavy atom. The lowest BCUT2D eigenvalue weighted by Gasteiger charge is -2.06. The van der Waals surface area contributed by atoms with Gasteiger partial charge >= 0.3 is 5.97 Å². The SMILES string of the molecule is CCOC(=O)c1cnc(-c2cc(C)ccn2)nc1C. The third kappa shape index (κ3) is 2.93. The molecule has 0 radical (unpaired) electrons. The maximum absolute atomic E-state index is 11.6. The van der Waals surface area contributed by atoms with E-state index in [-0.39, 0.29) is 0 Å². The molecular weight excluding hydrogens is 242 g/mol. The minimum absolute atomic E-state index is 0.333. The van der Waals surface area contributed by atoms with Crippen molar-refractivity contribution in [2.45, 2.75) is 20.8 Å². The van der Waals surface area contributed by atoms with Crippen LogP contribution in [0, 0.1) is 13.8 Å². The number of pyridine rings is 1. The smallest absolute Gasteiger partial charge is 0.341 e. The van der Waals surface area contributed by atoms with Gasteiger partial charge in [-0.25, -0.2) is 14.8 Å². The van der Waals surface area contributed by atoms with E-state index in [2.05, 4.69) is 15.0 Å². The average Bonchev–Trinajstić information content (AvgIpc) is 2.38. The van der Waals surface area contributed by atoms with Crippen molar-refractivity contribution in [3.63, 3.8) is 0 Å². The van der Waals surface area contributed by atoms with Gasteiger partial charge in [0.2, 0.25) is 0 Å². The van der Waals surface area contributed by atoms with Gasteiger partial charge in [0.1, 0.15) is 5.69 Å². The van der Waals surface area contributed by atoms with Crippen molar-refractivity contribution in [3.8, 4) is 11.5 Å². The summed E-state index contributed by atoms with van der Waals surface area (Å²) in [5.41, 5.74) is 2.75. The molecule has 5 nitrogen and oxygen atoms in total. The molecule has 5 heteroatoms. The Balaban J connectivity index is 2.36. The van der Waals surface area contributed by atoms with Crippen LogP contribution in [0.1, 0.15) is 28.5 Å². The van der Waals surface area contributed by atoms with Crippen molar-refractivity contribution in [2.24, 2.45) is 0 Å². The standard InChI is InChI=1S/C14H15N3O2/c1-4-19-14(18)11-8-16-13(17-10(11)3)12-7-9(2)5-6-15-12/h5-8H,4H2,1-3H3. The van der Waals surface area contributed by atoms with Crippen LogP contribution in [0.3, 0.4) is 0 Å². The van der Waals surface area contributed by atoms with Crippen LogP contribution in [0.2, 0.25) is 0 Å². The zero-order valence-electron chi connectivity index (χ0n) is 11.2. The van der Waals surface area contributed by atoms with E-state index in [1.165, 1.54) is 6.20 Å². The van der Waals surface area contributed by atoms with Crippen molar-refractivity contribution in [1.29, 1.82) is 0 Å². The van der Waals surface area contributed by atoms with E-state index in [1.807, 2.05) is 19.1 Å². The maximum Gasteiger partial charge on any atom is 0.341 e. The minimum Gasteiger partial charge on any atom is -0.462 e. The third-order valence-electron chi connectivity index (χ3n) is 2.62. The lowest BCUT2D eigenvalue weighted by atomic mass is 10.2. The molecule has 19 heavy (non-hydrogen) atoms. The van der Waals surface area contributed by atoms with Crippen molar-refractivity contribution in [2.75, 3.05) is 6.61 Å². The van der Waals surface area contributed by atoms with Gasteiger partial charge in [-0.2, -0.15) is 0 Å². The second-order valence-corrected chi connectivity index (χ2v) is 4.13. The quantitative estimate of drug-likeness (QED) is 0.789. The number of hydrogen-bond acceptors (Lipinski definition) is 5. The lowest BCUT2D eigenvalue weighted by Crippen LogP contribution is -2.09. The first-order chi connectivity index (χ1) is 9.11. The topological polar surface area (TPSA) is 65.0 Å². The van der Waals surface area contributed by atoms with Gasteiger partial charge in [-0.15, -0.1) is 0 Å². The summed E-state index contributed by atoms with van der Waals surface area (Å²) in [5.74, 6) is 0.109. The van der Waals surface area contributed by atoms with Crippen LogP contribution in [0.5, 0.6) is 0 Å². The van der Waals surface area contributed by atoms with Gasteiger partial charge in [0.05, 0.1) is 17.9 Å². The summed E-state index contributed by atoms with van der Waals surface area (Å²) in [4.78, 5) is 24.4. The molecule has 0 saturated heterocycles. The van der Waals surface area contributed by atoms with E-state index >= 15 is 0 Å². The molecule has 0 aliphatic rings. The second-order valence-electron chi connectivity index (χ2n) is 4.13. The maximum atomic E-state index is 11.6. The minimum atomic E-state index is -0.399. The largest absolute Gasteiger partial charge is 0.462 e. The Labute approximate surface area is 111 Å². The van der Waals surface area contributed by atoms with Crippen molar-refractivity contribution in [3.05, 3.63) is 41.3 Å². The molecule has 0 bridgehead atoms. The summed E-state index contributed by atoms with van der Waals surface area (Å²) in [6.45, 7) is 5.83. The van der Waals surface area contributed by atoms with Crippen LogP contribution in [0.25, 0.3) is 11.5 Å². The van der Waals surface area contributed by atoms with Crippen LogP contribution in [-0.4, -0.2) is 27.5 Å². The first-order valence-electron chi connectivity index (χ1n) is 6.05. The number of nitrogens with zero attached hydrogens (tertiary/aromatic N) is 3. The first kappa shape index (κ1) is 13.1. The van der Waals surface area contributed by atoms with Crippen LogP contribution >= 0.6 is 0 Å². The van der Waals surface area contributed by atoms with Gasteiger partial charge in [-0.1, -0.05) is 0 Å². The number of hydrogen-bond donors (Lipinski definition) is 0. The van der Waals surface area contributed by atoms with Crippen molar-refractivity contribution in [1.82, 2.24) is 15.0 Å². The molecule has 0 fully saturated rings. The number of rotatable bonds is 3. The molecule has 0 aromatic carbocycles. The Bertz CT molecular complexity index is 611. The number of aromatic nitrogens is 3. The monoisotopic (exact) mass is 257 g/mol. The number of carbonyl (C=O) groups excluding carboxylic acids is 1. The van der Waals surface area contributed by atoms with Gasteiger partial charge in [-0.3, -0.25) is 4.98 Å². The van der Waals surface area contributed by atoms with Crippen LogP contribution in [-0.2, 0) is 4.74 Å². The van der Waals surface area contributed by atoms with Gasteiger partial charge in [0.25, 0.3) is 0 Å². The van der Waals surface area contributed by atoms with E-state index < -0.39 is 5.97 Å². The Morgan fingerprint density at radius 2 is 2.11 bits per heavy atom. The molecule has 0 N–H and O–H groups in total. The van der Waals surface area contributed by atoms with Crippen molar-refractivity contribution >= 4 is 5.97 Å². The zero-order valence-corrected chi connectivity index (χ0v) is 11.2. The fourth-order valence-electron chi connectivity index (χ4n) is 1.66. The van der Waals surface area contributed by atoms with Gasteiger partial charge in [0, 0.05) is 12.4 Å². The molecule has 2 aromatic heterocycles. The molecule has 2 aromatic rings. The highest BCUT2D eigenvalue weighted by molar-refractivity contribution is 5.90. The highest BCUT2D eigenvalue weighted by Gasteiger charge is 2.13. The van der Waals surface area contributed by atoms with Crippen molar-refractivity contribution < 1.29 is 9.53 Å². The Morgan fingerprint density at radius 1 is 1.32 bits per heavy atom. The number of ether oxygens (including phenoxy) is 1. The highest BCUT2D eigenvalue weighted by Crippen LogP contribution is 2.15. The molecule has 0 unspecified atom stereocenters. The fourth-order valence-corrected chi connectivity index (χ4v) is 1.66. The third-order valence-corrected chi connectivity index (χ3v) is 2.62. The van der Waals surface area contributed by atoms with Crippen LogP contribution in [0.4, 0.5) is 0 Å². The van der Waals surface area contributed by atoms with E-state index in [0.717, 1.165) is 5.56 Å². The predicted molar refractivity (Wildman–Crippen MR) is 70.7 cm³/mol. The molecule has 98 valence electrons. The molecule has 0 amide bonds. The van der Waals surface area contributed by atoms with E-state index in [1.54, 1.807) is 20.0 Å². The highest BCUT2D eigenvalue weighted by atomic mass is 16.5. The second kappa shape index (κ2) is 5.56. The summed E-state index contributed by atoms with van der Waals surface area (Å²) >= 11 is 0. The van der Waals surface area contributed by atoms with E-state index in [4.69, 9.17) is 4.74 Å². The Kier molecular flexibility index (Phi) is 3.85. The molecule has 0 saturated carbocycles. The normalized spacial score (nSPS) is 10.3. The van der Waals surface area contributed by atoms with Gasteiger partial charge < -0.3 is 4.74 Å². The molecule has 0 spiro atoms. The van der Waals surface area contributed by atoms with Crippen LogP contribution < -0.4 is 0 Å². The summed E-state index contributed by atoms with van der Waals surface area (Å²) in [6.07, 6.45) is 3.20. The summed E-state index contributed by atoms with van der Waals surface area (Å²) in [6, 6.07) is 3.81. The number of aryl methyl sites for hydroxylation is 2. The van der Waals surface area contributed by atoms with Gasteiger partial charge in [0.15, 0.2) is 5.82 Å². The predicted octanol–water partition coefficient (Wildman–Crippen LogP) is 2.33. The van der Waals surface area contributed by atoms with Gasteiger partial charge in [-0.05, 0) is 38.5 Å². The molecular formula is C14H15N3O2. The van der Waals surface area contributed by atoms with Crippen LogP contribution in [0.15, 0.2) is 24.5 Å². The fraction of sp³-hybridized carbons (Fsp3) is 0.286. The molecule has 0 aliphatic heterocycles. The first-order valence-corrected chi connectivity index (χ1v) is 6.05. The number of carbonyl (C=O) groups is 1. The molecule has 0 atom stereocenters. The summed E-state index contributed by atoms with van der Waals surface area (Å²) in [7, 11) is 0. The Hall–Kier alpha value is -2.30. The zero-order chi connectivity index (χ0) is 13.8.